The van der Waals surface area contributed by atoms with E-state index in [1.54, 1.807) is 10.9 Å². The van der Waals surface area contributed by atoms with Crippen LogP contribution in [-0.2, 0) is 12.5 Å². The van der Waals surface area contributed by atoms with Crippen molar-refractivity contribution in [1.82, 2.24) is 24.7 Å². The van der Waals surface area contributed by atoms with Gasteiger partial charge in [0.15, 0.2) is 11.5 Å². The van der Waals surface area contributed by atoms with E-state index in [0.717, 1.165) is 17.1 Å². The van der Waals surface area contributed by atoms with Crippen LogP contribution in [0.4, 0.5) is 11.5 Å². The maximum atomic E-state index is 11.6. The Morgan fingerprint density at radius 2 is 2.04 bits per heavy atom. The molecule has 3 aromatic heterocycles. The predicted octanol–water partition coefficient (Wildman–Crippen LogP) is 2.14. The van der Waals surface area contributed by atoms with Gasteiger partial charge in [-0.2, -0.15) is 5.10 Å². The van der Waals surface area contributed by atoms with Gasteiger partial charge in [0.05, 0.1) is 22.6 Å². The average molecular weight is 327 g/mol. The van der Waals surface area contributed by atoms with Gasteiger partial charge in [0, 0.05) is 24.9 Å². The molecule has 0 fully saturated rings. The number of fused-ring (bicyclic) bond motifs is 1. The molecule has 8 heteroatoms. The van der Waals surface area contributed by atoms with Crippen LogP contribution in [0.1, 0.15) is 42.5 Å². The first-order valence-corrected chi connectivity index (χ1v) is 7.63. The van der Waals surface area contributed by atoms with Gasteiger partial charge in [0.25, 0.3) is 5.91 Å². The number of amides is 1. The van der Waals surface area contributed by atoms with Crippen molar-refractivity contribution in [3.05, 3.63) is 29.3 Å². The quantitative estimate of drug-likeness (QED) is 0.682. The predicted molar refractivity (Wildman–Crippen MR) is 92.3 cm³/mol. The summed E-state index contributed by atoms with van der Waals surface area (Å²) in [5.74, 6) is 0.0516. The van der Waals surface area contributed by atoms with Gasteiger partial charge in [0.1, 0.15) is 5.52 Å². The van der Waals surface area contributed by atoms with E-state index in [0.29, 0.717) is 22.5 Å². The number of carbonyl (C=O) groups is 1. The minimum atomic E-state index is -0.539. The van der Waals surface area contributed by atoms with Gasteiger partial charge in [-0.05, 0) is 6.92 Å². The third-order valence-corrected chi connectivity index (χ3v) is 3.75. The number of anilines is 2. The molecule has 0 aliphatic carbocycles. The molecule has 3 heterocycles. The Balaban J connectivity index is 2.20. The van der Waals surface area contributed by atoms with Gasteiger partial charge in [-0.25, -0.2) is 9.97 Å². The zero-order chi connectivity index (χ0) is 17.6. The van der Waals surface area contributed by atoms with Crippen molar-refractivity contribution in [2.75, 3.05) is 5.32 Å². The van der Waals surface area contributed by atoms with Gasteiger partial charge >= 0.3 is 0 Å². The van der Waals surface area contributed by atoms with Crippen LogP contribution in [0.15, 0.2) is 12.4 Å². The Morgan fingerprint density at radius 3 is 2.58 bits per heavy atom. The molecule has 0 aliphatic heterocycles. The molecule has 3 rings (SSSR count). The monoisotopic (exact) mass is 327 g/mol. The fourth-order valence-corrected chi connectivity index (χ4v) is 2.58. The lowest BCUT2D eigenvalue weighted by atomic mass is 9.91. The van der Waals surface area contributed by atoms with Crippen LogP contribution in [0.25, 0.3) is 11.2 Å². The van der Waals surface area contributed by atoms with Gasteiger partial charge in [-0.1, -0.05) is 20.8 Å². The number of carbonyl (C=O) groups excluding carboxylic acids is 1. The third kappa shape index (κ3) is 2.70. The lowest BCUT2D eigenvalue weighted by Gasteiger charge is -2.21. The number of aryl methyl sites for hydroxylation is 2. The summed E-state index contributed by atoms with van der Waals surface area (Å²) in [6, 6.07) is 0. The highest BCUT2D eigenvalue weighted by Crippen LogP contribution is 2.31. The van der Waals surface area contributed by atoms with Crippen molar-refractivity contribution >= 4 is 28.6 Å². The Kier molecular flexibility index (Phi) is 3.55. The summed E-state index contributed by atoms with van der Waals surface area (Å²) in [5, 5.41) is 7.62. The van der Waals surface area contributed by atoms with E-state index in [2.05, 4.69) is 46.1 Å². The van der Waals surface area contributed by atoms with Crippen LogP contribution in [-0.4, -0.2) is 30.6 Å². The van der Waals surface area contributed by atoms with Gasteiger partial charge in [0.2, 0.25) is 0 Å². The number of aromatic nitrogens is 5. The SMILES string of the molecule is Cc1nn(C)cc1Nc1nc2c(C(N)=O)c[nH]c2nc1C(C)(C)C. The fourth-order valence-electron chi connectivity index (χ4n) is 2.58. The first-order valence-electron chi connectivity index (χ1n) is 7.63. The Hall–Kier alpha value is -2.90. The molecule has 0 bridgehead atoms. The first-order chi connectivity index (χ1) is 11.2. The number of primary amides is 1. The van der Waals surface area contributed by atoms with Crippen LogP contribution in [0.2, 0.25) is 0 Å². The second kappa shape index (κ2) is 5.33. The summed E-state index contributed by atoms with van der Waals surface area (Å²) >= 11 is 0. The van der Waals surface area contributed by atoms with Crippen molar-refractivity contribution in [2.24, 2.45) is 12.8 Å². The largest absolute Gasteiger partial charge is 0.365 e. The molecule has 0 aliphatic rings. The first kappa shape index (κ1) is 16.0. The number of aromatic amines is 1. The Bertz CT molecular complexity index is 930. The van der Waals surface area contributed by atoms with Crippen LogP contribution < -0.4 is 11.1 Å². The summed E-state index contributed by atoms with van der Waals surface area (Å²) in [7, 11) is 1.86. The van der Waals surface area contributed by atoms with E-state index >= 15 is 0 Å². The number of nitrogens with one attached hydrogen (secondary N) is 2. The molecule has 0 saturated heterocycles. The van der Waals surface area contributed by atoms with Crippen molar-refractivity contribution in [1.29, 1.82) is 0 Å². The van der Waals surface area contributed by atoms with Crippen molar-refractivity contribution in [3.8, 4) is 0 Å². The summed E-state index contributed by atoms with van der Waals surface area (Å²) in [5.41, 5.74) is 8.98. The van der Waals surface area contributed by atoms with Crippen molar-refractivity contribution in [2.45, 2.75) is 33.1 Å². The van der Waals surface area contributed by atoms with Crippen LogP contribution >= 0.6 is 0 Å². The zero-order valence-corrected chi connectivity index (χ0v) is 14.4. The molecule has 4 N–H and O–H groups in total. The minimum absolute atomic E-state index is 0.238. The van der Waals surface area contributed by atoms with Crippen LogP contribution in [0.5, 0.6) is 0 Å². The van der Waals surface area contributed by atoms with Crippen LogP contribution in [0, 0.1) is 6.92 Å². The molecular weight excluding hydrogens is 306 g/mol. The molecule has 24 heavy (non-hydrogen) atoms. The molecule has 0 aromatic carbocycles. The summed E-state index contributed by atoms with van der Waals surface area (Å²) in [4.78, 5) is 23.8. The number of nitrogens with two attached hydrogens (primary N) is 1. The molecular formula is C16H21N7O. The van der Waals surface area contributed by atoms with Crippen molar-refractivity contribution < 1.29 is 4.79 Å². The number of rotatable bonds is 3. The highest BCUT2D eigenvalue weighted by atomic mass is 16.1. The van der Waals surface area contributed by atoms with E-state index in [1.165, 1.54) is 0 Å². The molecule has 0 spiro atoms. The van der Waals surface area contributed by atoms with E-state index in [4.69, 9.17) is 5.73 Å². The van der Waals surface area contributed by atoms with Gasteiger partial charge < -0.3 is 16.0 Å². The zero-order valence-electron chi connectivity index (χ0n) is 14.4. The number of hydrogen-bond acceptors (Lipinski definition) is 5. The standard InChI is InChI=1S/C16H21N7O/c1-8-10(7-23(5)22-8)19-15-12(16(2,3)4)21-14-11(20-15)9(6-18-14)13(17)24/h6-7H,1-5H3,(H2,17,24)(H,18,21)(H,19,20). The minimum Gasteiger partial charge on any atom is -0.365 e. The second-order valence-corrected chi connectivity index (χ2v) is 6.86. The molecule has 0 radical (unpaired) electrons. The number of H-pyrrole nitrogens is 1. The van der Waals surface area contributed by atoms with Crippen LogP contribution in [0.3, 0.4) is 0 Å². The Labute approximate surface area is 139 Å². The molecule has 126 valence electrons. The lowest BCUT2D eigenvalue weighted by Crippen LogP contribution is -2.18. The van der Waals surface area contributed by atoms with E-state index in [1.807, 2.05) is 20.2 Å². The number of nitrogens with zero attached hydrogens (tertiary/aromatic N) is 4. The van der Waals surface area contributed by atoms with Crippen molar-refractivity contribution in [3.63, 3.8) is 0 Å². The van der Waals surface area contributed by atoms with E-state index in [-0.39, 0.29) is 5.41 Å². The maximum absolute atomic E-state index is 11.6. The maximum Gasteiger partial charge on any atom is 0.252 e. The molecule has 0 atom stereocenters. The summed E-state index contributed by atoms with van der Waals surface area (Å²) in [6.07, 6.45) is 3.41. The third-order valence-electron chi connectivity index (χ3n) is 3.75. The molecule has 3 aromatic rings. The Morgan fingerprint density at radius 1 is 1.33 bits per heavy atom. The summed E-state index contributed by atoms with van der Waals surface area (Å²) in [6.45, 7) is 8.09. The van der Waals surface area contributed by atoms with E-state index < -0.39 is 5.91 Å². The average Bonchev–Trinajstić information content (AvgIpc) is 3.00. The van der Waals surface area contributed by atoms with Gasteiger partial charge in [-0.15, -0.1) is 0 Å². The molecule has 0 unspecified atom stereocenters. The molecule has 1 amide bonds. The fraction of sp³-hybridized carbons (Fsp3) is 0.375. The van der Waals surface area contributed by atoms with Gasteiger partial charge in [-0.3, -0.25) is 9.48 Å². The van der Waals surface area contributed by atoms with E-state index in [9.17, 15) is 4.79 Å². The molecule has 8 nitrogen and oxygen atoms in total. The highest BCUT2D eigenvalue weighted by molar-refractivity contribution is 6.03. The normalized spacial score (nSPS) is 11.9. The number of hydrogen-bond donors (Lipinski definition) is 3. The second-order valence-electron chi connectivity index (χ2n) is 6.86. The lowest BCUT2D eigenvalue weighted by molar-refractivity contribution is 0.100. The highest BCUT2D eigenvalue weighted by Gasteiger charge is 2.25. The topological polar surface area (TPSA) is 115 Å². The smallest absolute Gasteiger partial charge is 0.252 e. The molecule has 0 saturated carbocycles. The summed E-state index contributed by atoms with van der Waals surface area (Å²) < 4.78 is 1.73.